The van der Waals surface area contributed by atoms with Crippen LogP contribution in [0.25, 0.3) is 0 Å². The van der Waals surface area contributed by atoms with Crippen molar-refractivity contribution in [1.82, 2.24) is 4.90 Å². The van der Waals surface area contributed by atoms with E-state index in [0.29, 0.717) is 23.2 Å². The van der Waals surface area contributed by atoms with Crippen molar-refractivity contribution in [2.45, 2.75) is 38.8 Å². The van der Waals surface area contributed by atoms with E-state index in [0.717, 1.165) is 48.2 Å². The number of likely N-dealkylation sites (N-methyl/N-ethyl adjacent to an activating group) is 1. The van der Waals surface area contributed by atoms with Crippen LogP contribution in [0.2, 0.25) is 5.02 Å². The molecule has 0 saturated carbocycles. The summed E-state index contributed by atoms with van der Waals surface area (Å²) in [7, 11) is 2.11. The van der Waals surface area contributed by atoms with Crippen LogP contribution in [0.15, 0.2) is 66.7 Å². The first-order valence-corrected chi connectivity index (χ1v) is 12.1. The fraction of sp³-hybridized carbons (Fsp3) is 0.310. The summed E-state index contributed by atoms with van der Waals surface area (Å²) in [6.07, 6.45) is 2.00. The van der Waals surface area contributed by atoms with Gasteiger partial charge >= 0.3 is 0 Å². The molecule has 0 bridgehead atoms. The van der Waals surface area contributed by atoms with Crippen LogP contribution in [0.3, 0.4) is 0 Å². The van der Waals surface area contributed by atoms with Gasteiger partial charge in [-0.05, 0) is 74.0 Å². The number of hydrogen-bond donors (Lipinski definition) is 0. The van der Waals surface area contributed by atoms with Crippen LogP contribution in [0, 0.1) is 24.1 Å². The summed E-state index contributed by atoms with van der Waals surface area (Å²) in [5, 5.41) is 9.55. The first kappa shape index (κ1) is 26.4. The molecule has 182 valence electrons. The normalized spacial score (nSPS) is 16.1. The molecule has 35 heavy (non-hydrogen) atoms. The molecule has 0 amide bonds. The highest BCUT2D eigenvalue weighted by Crippen LogP contribution is 2.29. The molecule has 0 aromatic heterocycles. The third-order valence-electron chi connectivity index (χ3n) is 6.39. The van der Waals surface area contributed by atoms with Crippen molar-refractivity contribution in [2.24, 2.45) is 0 Å². The average Bonchev–Trinajstić information content (AvgIpc) is 3.30. The average molecular weight is 492 g/mol. The number of likely N-dealkylation sites (tertiary alicyclic amines) is 1. The minimum atomic E-state index is -0.220. The number of carbonyl (C=O) groups excluding carboxylic acids is 1. The van der Waals surface area contributed by atoms with Crippen LogP contribution in [-0.4, -0.2) is 37.4 Å². The Balaban J connectivity index is 0.000000287. The molecule has 1 saturated heterocycles. The molecule has 1 fully saturated rings. The van der Waals surface area contributed by atoms with E-state index in [1.54, 1.807) is 12.1 Å². The van der Waals surface area contributed by atoms with Crippen LogP contribution in [0.5, 0.6) is 0 Å². The molecule has 1 heterocycles. The van der Waals surface area contributed by atoms with Crippen molar-refractivity contribution in [2.75, 3.05) is 25.0 Å². The standard InChI is InChI=1S/C20H21ClFN3.C9H10O/c1-14-3-5-17(22)9-16(14)12-25(19-7-8-24(2)13-19)18-6-4-15(11-23)20(21)10-18;1-8(7-10)9-5-3-2-4-6-9/h3-6,9-10,19H,7-8,12-13H2,1-2H3;2-8H,1H3. The van der Waals surface area contributed by atoms with Gasteiger partial charge in [-0.15, -0.1) is 0 Å². The quantitative estimate of drug-likeness (QED) is 0.376. The van der Waals surface area contributed by atoms with E-state index in [9.17, 15) is 9.18 Å². The zero-order chi connectivity index (χ0) is 25.4. The van der Waals surface area contributed by atoms with Crippen molar-refractivity contribution >= 4 is 23.6 Å². The van der Waals surface area contributed by atoms with Crippen molar-refractivity contribution in [3.8, 4) is 6.07 Å². The Morgan fingerprint density at radius 3 is 2.54 bits per heavy atom. The Bertz CT molecular complexity index is 1180. The van der Waals surface area contributed by atoms with Crippen molar-refractivity contribution in [3.63, 3.8) is 0 Å². The highest BCUT2D eigenvalue weighted by Gasteiger charge is 2.27. The number of rotatable bonds is 6. The molecule has 0 spiro atoms. The third-order valence-corrected chi connectivity index (χ3v) is 6.71. The SMILES string of the molecule is CC(C=O)c1ccccc1.Cc1ccc(F)cc1CN(c1ccc(C#N)c(Cl)c1)C1CCN(C)C1. The van der Waals surface area contributed by atoms with Crippen molar-refractivity contribution in [3.05, 3.63) is 99.8 Å². The second kappa shape index (κ2) is 12.5. The van der Waals surface area contributed by atoms with Gasteiger partial charge in [-0.3, -0.25) is 0 Å². The molecular formula is C29H31ClFN3O. The van der Waals surface area contributed by atoms with Gasteiger partial charge in [0.15, 0.2) is 0 Å². The third kappa shape index (κ3) is 7.14. The van der Waals surface area contributed by atoms with Crippen LogP contribution in [0.4, 0.5) is 10.1 Å². The first-order valence-electron chi connectivity index (χ1n) is 11.7. The monoisotopic (exact) mass is 491 g/mol. The molecule has 6 heteroatoms. The number of anilines is 1. The summed E-state index contributed by atoms with van der Waals surface area (Å²) in [5.41, 5.74) is 4.55. The van der Waals surface area contributed by atoms with Gasteiger partial charge in [-0.2, -0.15) is 5.26 Å². The number of aryl methyl sites for hydroxylation is 1. The smallest absolute Gasteiger partial charge is 0.127 e. The van der Waals surface area contributed by atoms with E-state index in [1.165, 1.54) is 6.07 Å². The van der Waals surface area contributed by atoms with E-state index in [4.69, 9.17) is 16.9 Å². The number of hydrogen-bond acceptors (Lipinski definition) is 4. The van der Waals surface area contributed by atoms with Gasteiger partial charge in [0.1, 0.15) is 18.2 Å². The molecule has 1 aliphatic heterocycles. The summed E-state index contributed by atoms with van der Waals surface area (Å²) >= 11 is 6.25. The first-order chi connectivity index (χ1) is 16.8. The molecule has 1 aliphatic rings. The molecule has 0 N–H and O–H groups in total. The largest absolute Gasteiger partial charge is 0.363 e. The van der Waals surface area contributed by atoms with Gasteiger partial charge in [0.2, 0.25) is 0 Å². The maximum atomic E-state index is 13.7. The van der Waals surface area contributed by atoms with Crippen LogP contribution in [0.1, 0.15) is 41.5 Å². The van der Waals surface area contributed by atoms with E-state index < -0.39 is 0 Å². The predicted molar refractivity (Wildman–Crippen MR) is 140 cm³/mol. The number of aldehydes is 1. The van der Waals surface area contributed by atoms with Gasteiger partial charge in [-0.1, -0.05) is 54.9 Å². The molecular weight excluding hydrogens is 461 g/mol. The molecule has 0 radical (unpaired) electrons. The molecule has 0 aliphatic carbocycles. The molecule has 3 aromatic carbocycles. The topological polar surface area (TPSA) is 47.3 Å². The zero-order valence-electron chi connectivity index (χ0n) is 20.4. The van der Waals surface area contributed by atoms with Crippen LogP contribution < -0.4 is 4.90 Å². The van der Waals surface area contributed by atoms with E-state index >= 15 is 0 Å². The van der Waals surface area contributed by atoms with Crippen LogP contribution in [-0.2, 0) is 11.3 Å². The van der Waals surface area contributed by atoms with Gasteiger partial charge in [0.05, 0.1) is 10.6 Å². The summed E-state index contributed by atoms with van der Waals surface area (Å²) in [5.74, 6) is -0.192. The summed E-state index contributed by atoms with van der Waals surface area (Å²) < 4.78 is 13.7. The van der Waals surface area contributed by atoms with Gasteiger partial charge < -0.3 is 14.6 Å². The number of nitriles is 1. The van der Waals surface area contributed by atoms with Gasteiger partial charge in [0, 0.05) is 30.7 Å². The lowest BCUT2D eigenvalue weighted by molar-refractivity contribution is -0.108. The van der Waals surface area contributed by atoms with Crippen molar-refractivity contribution < 1.29 is 9.18 Å². The maximum Gasteiger partial charge on any atom is 0.127 e. The lowest BCUT2D eigenvalue weighted by Gasteiger charge is -2.32. The second-order valence-electron chi connectivity index (χ2n) is 9.01. The lowest BCUT2D eigenvalue weighted by atomic mass is 10.0. The number of nitrogens with zero attached hydrogens (tertiary/aromatic N) is 3. The van der Waals surface area contributed by atoms with E-state index in [-0.39, 0.29) is 11.7 Å². The molecule has 4 nitrogen and oxygen atoms in total. The zero-order valence-corrected chi connectivity index (χ0v) is 21.2. The van der Waals surface area contributed by atoms with E-state index in [2.05, 4.69) is 22.9 Å². The second-order valence-corrected chi connectivity index (χ2v) is 9.42. The Labute approximate surface area is 212 Å². The highest BCUT2D eigenvalue weighted by molar-refractivity contribution is 6.32. The Hall–Kier alpha value is -3.20. The summed E-state index contributed by atoms with van der Waals surface area (Å²) in [6.45, 7) is 6.49. The molecule has 3 aromatic rings. The van der Waals surface area contributed by atoms with Crippen molar-refractivity contribution in [1.29, 1.82) is 5.26 Å². The van der Waals surface area contributed by atoms with Gasteiger partial charge in [-0.25, -0.2) is 4.39 Å². The number of halogens is 2. The Morgan fingerprint density at radius 2 is 1.94 bits per heavy atom. The molecule has 4 rings (SSSR count). The fourth-order valence-electron chi connectivity index (χ4n) is 4.20. The van der Waals surface area contributed by atoms with Crippen LogP contribution >= 0.6 is 11.6 Å². The lowest BCUT2D eigenvalue weighted by Crippen LogP contribution is -2.37. The number of benzene rings is 3. The summed E-state index contributed by atoms with van der Waals surface area (Å²) in [4.78, 5) is 14.9. The predicted octanol–water partition coefficient (Wildman–Crippen LogP) is 6.36. The number of carbonyl (C=O) groups is 1. The maximum absolute atomic E-state index is 13.7. The Kier molecular flexibility index (Phi) is 9.42. The van der Waals surface area contributed by atoms with Gasteiger partial charge in [0.25, 0.3) is 0 Å². The minimum absolute atomic E-state index is 0.0289. The highest BCUT2D eigenvalue weighted by atomic mass is 35.5. The summed E-state index contributed by atoms with van der Waals surface area (Å²) in [6, 6.07) is 22.6. The molecule has 2 atom stereocenters. The van der Waals surface area contributed by atoms with E-state index in [1.807, 2.05) is 62.4 Å². The molecule has 2 unspecified atom stereocenters. The minimum Gasteiger partial charge on any atom is -0.363 e. The fourth-order valence-corrected chi connectivity index (χ4v) is 4.42. The Morgan fingerprint density at radius 1 is 1.20 bits per heavy atom.